The Morgan fingerprint density at radius 2 is 1.55 bits per heavy atom. The predicted octanol–water partition coefficient (Wildman–Crippen LogP) is 6.89. The SMILES string of the molecule is CC(C)(S)c1ccc2ncn(CC3CC3CC(C)(C)c3ccc4ncn(C5CC5)c4c3)c2c1. The molecule has 0 spiro atoms. The third kappa shape index (κ3) is 3.99. The molecule has 0 amide bonds. The Balaban J connectivity index is 1.18. The van der Waals surface area contributed by atoms with Crippen molar-refractivity contribution in [2.45, 2.75) is 76.1 Å². The summed E-state index contributed by atoms with van der Waals surface area (Å²) >= 11 is 4.77. The summed E-state index contributed by atoms with van der Waals surface area (Å²) in [6.07, 6.45) is 9.17. The first-order chi connectivity index (χ1) is 15.7. The molecule has 0 N–H and O–H groups in total. The smallest absolute Gasteiger partial charge is 0.0960 e. The number of thiol groups is 1. The summed E-state index contributed by atoms with van der Waals surface area (Å²) in [5.74, 6) is 1.50. The lowest BCUT2D eigenvalue weighted by atomic mass is 9.79. The van der Waals surface area contributed by atoms with Crippen LogP contribution in [0.3, 0.4) is 0 Å². The highest BCUT2D eigenvalue weighted by molar-refractivity contribution is 7.81. The van der Waals surface area contributed by atoms with Crippen LogP contribution in [0.25, 0.3) is 22.1 Å². The predicted molar refractivity (Wildman–Crippen MR) is 139 cm³/mol. The van der Waals surface area contributed by atoms with Crippen LogP contribution in [0.2, 0.25) is 0 Å². The Hall–Kier alpha value is -2.27. The first kappa shape index (κ1) is 21.3. The molecule has 172 valence electrons. The van der Waals surface area contributed by atoms with Gasteiger partial charge in [-0.25, -0.2) is 9.97 Å². The summed E-state index contributed by atoms with van der Waals surface area (Å²) in [6.45, 7) is 10.2. The number of aromatic nitrogens is 4. The third-order valence-electron chi connectivity index (χ3n) is 7.90. The Morgan fingerprint density at radius 3 is 2.27 bits per heavy atom. The van der Waals surface area contributed by atoms with Crippen LogP contribution in [0.1, 0.15) is 70.5 Å². The second-order valence-corrected chi connectivity index (χ2v) is 12.7. The topological polar surface area (TPSA) is 35.6 Å². The number of imidazole rings is 2. The highest BCUT2D eigenvalue weighted by Gasteiger charge is 2.41. The molecule has 2 aromatic carbocycles. The molecule has 2 saturated carbocycles. The summed E-state index contributed by atoms with van der Waals surface area (Å²) in [7, 11) is 0. The fraction of sp³-hybridized carbons (Fsp3) is 0.500. The van der Waals surface area contributed by atoms with Crippen molar-refractivity contribution in [3.8, 4) is 0 Å². The molecular formula is C28H34N4S. The van der Waals surface area contributed by atoms with Gasteiger partial charge in [-0.1, -0.05) is 26.0 Å². The van der Waals surface area contributed by atoms with Crippen molar-refractivity contribution >= 4 is 34.7 Å². The van der Waals surface area contributed by atoms with E-state index in [4.69, 9.17) is 12.6 Å². The molecule has 2 aliphatic rings. The molecule has 2 fully saturated rings. The lowest BCUT2D eigenvalue weighted by molar-refractivity contribution is 0.422. The van der Waals surface area contributed by atoms with E-state index in [1.165, 1.54) is 47.8 Å². The number of hydrogen-bond acceptors (Lipinski definition) is 3. The molecule has 4 nitrogen and oxygen atoms in total. The fourth-order valence-electron chi connectivity index (χ4n) is 5.48. The molecule has 2 atom stereocenters. The maximum atomic E-state index is 4.77. The van der Waals surface area contributed by atoms with E-state index in [-0.39, 0.29) is 10.2 Å². The Bertz CT molecular complexity index is 1340. The lowest BCUT2D eigenvalue weighted by Crippen LogP contribution is -2.19. The van der Waals surface area contributed by atoms with Gasteiger partial charge < -0.3 is 9.13 Å². The summed E-state index contributed by atoms with van der Waals surface area (Å²) in [5, 5.41) is 0. The summed E-state index contributed by atoms with van der Waals surface area (Å²) in [4.78, 5) is 9.28. The molecule has 5 heteroatoms. The van der Waals surface area contributed by atoms with Crippen LogP contribution in [0.5, 0.6) is 0 Å². The molecule has 0 radical (unpaired) electrons. The number of hydrogen-bond donors (Lipinski definition) is 1. The van der Waals surface area contributed by atoms with E-state index in [1.54, 1.807) is 0 Å². The van der Waals surface area contributed by atoms with Gasteiger partial charge in [0.25, 0.3) is 0 Å². The molecular weight excluding hydrogens is 424 g/mol. The molecule has 33 heavy (non-hydrogen) atoms. The van der Waals surface area contributed by atoms with E-state index in [0.29, 0.717) is 6.04 Å². The molecule has 0 aliphatic heterocycles. The minimum atomic E-state index is -0.147. The molecule has 2 unspecified atom stereocenters. The van der Waals surface area contributed by atoms with E-state index >= 15 is 0 Å². The molecule has 0 bridgehead atoms. The van der Waals surface area contributed by atoms with Crippen LogP contribution in [0, 0.1) is 11.8 Å². The van der Waals surface area contributed by atoms with Crippen LogP contribution >= 0.6 is 12.6 Å². The summed E-state index contributed by atoms with van der Waals surface area (Å²) in [5.41, 5.74) is 7.59. The maximum absolute atomic E-state index is 4.77. The quantitative estimate of drug-likeness (QED) is 0.306. The van der Waals surface area contributed by atoms with Crippen LogP contribution in [0.15, 0.2) is 49.1 Å². The van der Waals surface area contributed by atoms with Gasteiger partial charge in [0.2, 0.25) is 0 Å². The highest BCUT2D eigenvalue weighted by Crippen LogP contribution is 2.48. The van der Waals surface area contributed by atoms with Gasteiger partial charge in [-0.3, -0.25) is 0 Å². The second kappa shape index (κ2) is 7.36. The monoisotopic (exact) mass is 458 g/mol. The molecule has 2 aliphatic carbocycles. The fourth-order valence-corrected chi connectivity index (χ4v) is 5.62. The van der Waals surface area contributed by atoms with Crippen LogP contribution < -0.4 is 0 Å². The Kier molecular flexibility index (Phi) is 4.75. The zero-order valence-electron chi connectivity index (χ0n) is 20.1. The average molecular weight is 459 g/mol. The van der Waals surface area contributed by atoms with Gasteiger partial charge in [-0.05, 0) is 92.2 Å². The van der Waals surface area contributed by atoms with Crippen molar-refractivity contribution in [3.63, 3.8) is 0 Å². The van der Waals surface area contributed by atoms with Gasteiger partial charge in [0, 0.05) is 17.3 Å². The van der Waals surface area contributed by atoms with E-state index < -0.39 is 0 Å². The van der Waals surface area contributed by atoms with Gasteiger partial charge in [-0.2, -0.15) is 12.6 Å². The molecule has 6 rings (SSSR count). The first-order valence-electron chi connectivity index (χ1n) is 12.3. The minimum absolute atomic E-state index is 0.147. The van der Waals surface area contributed by atoms with Crippen LogP contribution in [0.4, 0.5) is 0 Å². The highest BCUT2D eigenvalue weighted by atomic mass is 32.1. The van der Waals surface area contributed by atoms with Crippen LogP contribution in [-0.2, 0) is 16.7 Å². The third-order valence-corrected chi connectivity index (χ3v) is 8.15. The standard InChI is InChI=1S/C28H34N4S/c1-27(2,20-5-9-24-26(12-20)32(17-30-24)22-7-8-22)14-18-11-19(18)15-31-16-29-23-10-6-21(13-25(23)31)28(3,4)33/h5-6,9-10,12-13,16-19,22,33H,7-8,11,14-15H2,1-4H3. The molecule has 2 aromatic heterocycles. The zero-order valence-corrected chi connectivity index (χ0v) is 21.0. The zero-order chi connectivity index (χ0) is 23.0. The minimum Gasteiger partial charge on any atom is -0.330 e. The molecule has 0 saturated heterocycles. The van der Waals surface area contributed by atoms with Crippen molar-refractivity contribution < 1.29 is 0 Å². The van der Waals surface area contributed by atoms with Gasteiger partial charge in [0.15, 0.2) is 0 Å². The van der Waals surface area contributed by atoms with Crippen molar-refractivity contribution in [2.75, 3.05) is 0 Å². The van der Waals surface area contributed by atoms with E-state index in [1.807, 2.05) is 12.7 Å². The number of nitrogens with zero attached hydrogens (tertiary/aromatic N) is 4. The Morgan fingerprint density at radius 1 is 0.879 bits per heavy atom. The number of benzene rings is 2. The number of rotatable bonds is 7. The number of fused-ring (bicyclic) bond motifs is 2. The first-order valence-corrected chi connectivity index (χ1v) is 12.8. The van der Waals surface area contributed by atoms with E-state index in [2.05, 4.69) is 83.2 Å². The van der Waals surface area contributed by atoms with Gasteiger partial charge >= 0.3 is 0 Å². The van der Waals surface area contributed by atoms with Crippen LogP contribution in [-0.4, -0.2) is 19.1 Å². The van der Waals surface area contributed by atoms with Gasteiger partial charge in [0.1, 0.15) is 0 Å². The largest absolute Gasteiger partial charge is 0.330 e. The second-order valence-electron chi connectivity index (χ2n) is 11.6. The lowest BCUT2D eigenvalue weighted by Gasteiger charge is -2.26. The summed E-state index contributed by atoms with van der Waals surface area (Å²) in [6, 6.07) is 14.1. The van der Waals surface area contributed by atoms with Crippen molar-refractivity contribution in [3.05, 3.63) is 60.2 Å². The van der Waals surface area contributed by atoms with E-state index in [0.717, 1.165) is 29.4 Å². The van der Waals surface area contributed by atoms with E-state index in [9.17, 15) is 0 Å². The van der Waals surface area contributed by atoms with Gasteiger partial charge in [-0.15, -0.1) is 0 Å². The normalized spacial score (nSPS) is 21.2. The maximum Gasteiger partial charge on any atom is 0.0960 e. The molecule has 2 heterocycles. The molecule has 4 aromatic rings. The van der Waals surface area contributed by atoms with Gasteiger partial charge in [0.05, 0.1) is 34.7 Å². The summed E-state index contributed by atoms with van der Waals surface area (Å²) < 4.78 is 4.60. The average Bonchev–Trinajstić information content (AvgIpc) is 3.65. The van der Waals surface area contributed by atoms with Crippen molar-refractivity contribution in [1.82, 2.24) is 19.1 Å². The van der Waals surface area contributed by atoms with Crippen molar-refractivity contribution in [2.24, 2.45) is 11.8 Å². The Labute approximate surface area is 201 Å². The van der Waals surface area contributed by atoms with Crippen molar-refractivity contribution in [1.29, 1.82) is 0 Å².